The second kappa shape index (κ2) is 5.06. The third-order valence-corrected chi connectivity index (χ3v) is 3.39. The maximum absolute atomic E-state index is 13.4. The SMILES string of the molecule is CN(C)CC(C)(C)Cn1c(=S)[nH]c2ccc(F)cc21. The Hall–Kier alpha value is -1.20. The van der Waals surface area contributed by atoms with Crippen LogP contribution < -0.4 is 0 Å². The number of aromatic amines is 1. The molecule has 0 fully saturated rings. The predicted molar refractivity (Wildman–Crippen MR) is 79.4 cm³/mol. The Labute approximate surface area is 118 Å². The van der Waals surface area contributed by atoms with Crippen molar-refractivity contribution in [1.82, 2.24) is 14.5 Å². The molecule has 0 saturated heterocycles. The van der Waals surface area contributed by atoms with Gasteiger partial charge < -0.3 is 14.5 Å². The summed E-state index contributed by atoms with van der Waals surface area (Å²) >= 11 is 5.35. The van der Waals surface area contributed by atoms with Crippen molar-refractivity contribution in [2.24, 2.45) is 5.41 Å². The van der Waals surface area contributed by atoms with Gasteiger partial charge in [0.1, 0.15) is 5.82 Å². The van der Waals surface area contributed by atoms with Gasteiger partial charge in [-0.05, 0) is 49.9 Å². The van der Waals surface area contributed by atoms with Crippen LogP contribution >= 0.6 is 12.2 Å². The molecular weight excluding hydrogens is 261 g/mol. The highest BCUT2D eigenvalue weighted by Crippen LogP contribution is 2.23. The normalized spacial score (nSPS) is 12.5. The number of H-pyrrole nitrogens is 1. The summed E-state index contributed by atoms with van der Waals surface area (Å²) in [5, 5.41) is 0. The summed E-state index contributed by atoms with van der Waals surface area (Å²) in [4.78, 5) is 5.28. The molecule has 1 aromatic heterocycles. The summed E-state index contributed by atoms with van der Waals surface area (Å²) in [6.07, 6.45) is 0. The number of hydrogen-bond acceptors (Lipinski definition) is 2. The molecule has 1 N–H and O–H groups in total. The van der Waals surface area contributed by atoms with Gasteiger partial charge in [0, 0.05) is 13.1 Å². The van der Waals surface area contributed by atoms with E-state index in [9.17, 15) is 4.39 Å². The average Bonchev–Trinajstić information content (AvgIpc) is 2.53. The zero-order chi connectivity index (χ0) is 14.2. The van der Waals surface area contributed by atoms with E-state index in [0.717, 1.165) is 24.1 Å². The molecule has 0 saturated carbocycles. The molecule has 1 aromatic carbocycles. The van der Waals surface area contributed by atoms with Gasteiger partial charge >= 0.3 is 0 Å². The minimum Gasteiger partial charge on any atom is -0.331 e. The first-order chi connectivity index (χ1) is 8.78. The van der Waals surface area contributed by atoms with Crippen LogP contribution in [0.2, 0.25) is 0 Å². The van der Waals surface area contributed by atoms with E-state index >= 15 is 0 Å². The molecule has 104 valence electrons. The quantitative estimate of drug-likeness (QED) is 0.868. The summed E-state index contributed by atoms with van der Waals surface area (Å²) in [7, 11) is 4.10. The first kappa shape index (κ1) is 14.2. The third-order valence-electron chi connectivity index (χ3n) is 3.07. The van der Waals surface area contributed by atoms with Crippen LogP contribution in [0.3, 0.4) is 0 Å². The molecule has 0 aliphatic heterocycles. The fourth-order valence-electron chi connectivity index (χ4n) is 2.62. The monoisotopic (exact) mass is 281 g/mol. The van der Waals surface area contributed by atoms with E-state index in [0.29, 0.717) is 4.77 Å². The number of hydrogen-bond donors (Lipinski definition) is 1. The van der Waals surface area contributed by atoms with Crippen molar-refractivity contribution in [1.29, 1.82) is 0 Å². The zero-order valence-electron chi connectivity index (χ0n) is 11.8. The van der Waals surface area contributed by atoms with Gasteiger partial charge in [0.25, 0.3) is 0 Å². The molecule has 0 aliphatic rings. The molecule has 0 unspecified atom stereocenters. The highest BCUT2D eigenvalue weighted by Gasteiger charge is 2.21. The van der Waals surface area contributed by atoms with Gasteiger partial charge in [0.2, 0.25) is 0 Å². The van der Waals surface area contributed by atoms with Crippen LogP contribution in [0.1, 0.15) is 13.8 Å². The summed E-state index contributed by atoms with van der Waals surface area (Å²) < 4.78 is 16.0. The molecule has 0 amide bonds. The van der Waals surface area contributed by atoms with Gasteiger partial charge in [0.15, 0.2) is 4.77 Å². The molecule has 1 heterocycles. The smallest absolute Gasteiger partial charge is 0.178 e. The van der Waals surface area contributed by atoms with Crippen molar-refractivity contribution in [3.05, 3.63) is 28.8 Å². The third kappa shape index (κ3) is 3.22. The van der Waals surface area contributed by atoms with Gasteiger partial charge in [-0.1, -0.05) is 13.8 Å². The molecule has 19 heavy (non-hydrogen) atoms. The Kier molecular flexibility index (Phi) is 3.78. The van der Waals surface area contributed by atoms with E-state index < -0.39 is 0 Å². The lowest BCUT2D eigenvalue weighted by atomic mass is 9.93. The van der Waals surface area contributed by atoms with Crippen molar-refractivity contribution in [2.45, 2.75) is 20.4 Å². The van der Waals surface area contributed by atoms with Crippen molar-refractivity contribution in [3.8, 4) is 0 Å². The maximum atomic E-state index is 13.4. The predicted octanol–water partition coefficient (Wildman–Crippen LogP) is 3.43. The molecule has 3 nitrogen and oxygen atoms in total. The molecule has 0 radical (unpaired) electrons. The summed E-state index contributed by atoms with van der Waals surface area (Å²) in [5.41, 5.74) is 1.77. The Morgan fingerprint density at radius 1 is 1.37 bits per heavy atom. The van der Waals surface area contributed by atoms with Crippen LogP contribution in [-0.2, 0) is 6.54 Å². The van der Waals surface area contributed by atoms with E-state index in [1.165, 1.54) is 12.1 Å². The number of rotatable bonds is 4. The standard InChI is InChI=1S/C14H20FN3S/c1-14(2,8-17(3)4)9-18-12-7-10(15)5-6-11(12)16-13(18)19/h5-7H,8-9H2,1-4H3,(H,16,19). The molecule has 0 atom stereocenters. The maximum Gasteiger partial charge on any atom is 0.178 e. The lowest BCUT2D eigenvalue weighted by Crippen LogP contribution is -2.32. The Morgan fingerprint density at radius 2 is 2.05 bits per heavy atom. The number of benzene rings is 1. The molecule has 0 aliphatic carbocycles. The van der Waals surface area contributed by atoms with E-state index in [-0.39, 0.29) is 11.2 Å². The van der Waals surface area contributed by atoms with Gasteiger partial charge in [-0.2, -0.15) is 0 Å². The van der Waals surface area contributed by atoms with Gasteiger partial charge in [-0.15, -0.1) is 0 Å². The Bertz CT molecular complexity index is 640. The molecule has 5 heteroatoms. The largest absolute Gasteiger partial charge is 0.331 e. The number of nitrogens with one attached hydrogen (secondary N) is 1. The fraction of sp³-hybridized carbons (Fsp3) is 0.500. The molecule has 0 bridgehead atoms. The summed E-state index contributed by atoms with van der Waals surface area (Å²) in [6.45, 7) is 6.07. The number of imidazole rings is 1. The molecule has 0 spiro atoms. The van der Waals surface area contributed by atoms with Crippen molar-refractivity contribution < 1.29 is 4.39 Å². The lowest BCUT2D eigenvalue weighted by Gasteiger charge is -2.28. The molecule has 2 aromatic rings. The Morgan fingerprint density at radius 3 is 2.68 bits per heavy atom. The minimum atomic E-state index is -0.235. The summed E-state index contributed by atoms with van der Waals surface area (Å²) in [6, 6.07) is 4.71. The van der Waals surface area contributed by atoms with Crippen LogP contribution in [0.4, 0.5) is 4.39 Å². The second-order valence-electron chi connectivity index (χ2n) is 6.08. The van der Waals surface area contributed by atoms with E-state index in [1.54, 1.807) is 6.07 Å². The van der Waals surface area contributed by atoms with E-state index in [2.05, 4.69) is 37.8 Å². The van der Waals surface area contributed by atoms with Crippen LogP contribution in [0.5, 0.6) is 0 Å². The highest BCUT2D eigenvalue weighted by molar-refractivity contribution is 7.71. The van der Waals surface area contributed by atoms with E-state index in [1.807, 2.05) is 4.57 Å². The van der Waals surface area contributed by atoms with Gasteiger partial charge in [-0.25, -0.2) is 4.39 Å². The fourth-order valence-corrected chi connectivity index (χ4v) is 2.89. The van der Waals surface area contributed by atoms with Crippen molar-refractivity contribution in [3.63, 3.8) is 0 Å². The second-order valence-corrected chi connectivity index (χ2v) is 6.47. The summed E-state index contributed by atoms with van der Waals surface area (Å²) in [5.74, 6) is -0.235. The number of halogens is 1. The van der Waals surface area contributed by atoms with Crippen LogP contribution in [0.25, 0.3) is 11.0 Å². The van der Waals surface area contributed by atoms with Gasteiger partial charge in [0.05, 0.1) is 11.0 Å². The zero-order valence-corrected chi connectivity index (χ0v) is 12.6. The first-order valence-corrected chi connectivity index (χ1v) is 6.72. The minimum absolute atomic E-state index is 0.0587. The molecule has 2 rings (SSSR count). The number of nitrogens with zero attached hydrogens (tertiary/aromatic N) is 2. The van der Waals surface area contributed by atoms with Crippen LogP contribution in [0, 0.1) is 16.0 Å². The Balaban J connectivity index is 2.42. The van der Waals surface area contributed by atoms with Gasteiger partial charge in [-0.3, -0.25) is 0 Å². The lowest BCUT2D eigenvalue weighted by molar-refractivity contribution is 0.212. The topological polar surface area (TPSA) is 24.0 Å². The average molecular weight is 281 g/mol. The number of fused-ring (bicyclic) bond motifs is 1. The van der Waals surface area contributed by atoms with Crippen molar-refractivity contribution >= 4 is 23.3 Å². The highest BCUT2D eigenvalue weighted by atomic mass is 32.1. The van der Waals surface area contributed by atoms with E-state index in [4.69, 9.17) is 12.2 Å². The first-order valence-electron chi connectivity index (χ1n) is 6.31. The van der Waals surface area contributed by atoms with Crippen LogP contribution in [-0.4, -0.2) is 35.1 Å². The number of aromatic nitrogens is 2. The molecular formula is C14H20FN3S. The van der Waals surface area contributed by atoms with Crippen molar-refractivity contribution in [2.75, 3.05) is 20.6 Å². The van der Waals surface area contributed by atoms with Crippen LogP contribution in [0.15, 0.2) is 18.2 Å².